The van der Waals surface area contributed by atoms with Crippen molar-refractivity contribution >= 4 is 0 Å². The molecule has 2 atom stereocenters. The summed E-state index contributed by atoms with van der Waals surface area (Å²) in [5.74, 6) is 7.30. The van der Waals surface area contributed by atoms with Gasteiger partial charge in [-0.1, -0.05) is 26.3 Å². The lowest BCUT2D eigenvalue weighted by molar-refractivity contribution is 0.372. The highest BCUT2D eigenvalue weighted by molar-refractivity contribution is 5.45. The highest BCUT2D eigenvalue weighted by Crippen LogP contribution is 2.33. The zero-order chi connectivity index (χ0) is 13.7. The number of hydrogen-bond acceptors (Lipinski definition) is 3. The van der Waals surface area contributed by atoms with E-state index in [0.29, 0.717) is 5.92 Å². The van der Waals surface area contributed by atoms with E-state index >= 15 is 0 Å². The fourth-order valence-corrected chi connectivity index (χ4v) is 2.39. The van der Waals surface area contributed by atoms with Crippen LogP contribution in [0.15, 0.2) is 12.1 Å². The summed E-state index contributed by atoms with van der Waals surface area (Å²) in [6, 6.07) is 4.40. The zero-order valence-corrected chi connectivity index (χ0v) is 12.2. The van der Waals surface area contributed by atoms with Gasteiger partial charge in [-0.3, -0.25) is 11.3 Å². The third kappa shape index (κ3) is 3.47. The highest BCUT2D eigenvalue weighted by Gasteiger charge is 2.19. The van der Waals surface area contributed by atoms with E-state index in [-0.39, 0.29) is 6.04 Å². The minimum Gasteiger partial charge on any atom is -0.496 e. The molecule has 0 aliphatic rings. The van der Waals surface area contributed by atoms with E-state index in [0.717, 1.165) is 18.6 Å². The van der Waals surface area contributed by atoms with Crippen LogP contribution in [0, 0.1) is 19.8 Å². The molecular weight excluding hydrogens is 224 g/mol. The Bertz CT molecular complexity index is 390. The summed E-state index contributed by atoms with van der Waals surface area (Å²) in [6.07, 6.45) is 2.18. The van der Waals surface area contributed by atoms with Gasteiger partial charge in [0.1, 0.15) is 5.75 Å². The van der Waals surface area contributed by atoms with Gasteiger partial charge in [-0.2, -0.15) is 0 Å². The van der Waals surface area contributed by atoms with Gasteiger partial charge in [0, 0.05) is 5.56 Å². The number of hydrazine groups is 1. The van der Waals surface area contributed by atoms with E-state index in [1.54, 1.807) is 7.11 Å². The molecule has 0 saturated carbocycles. The zero-order valence-electron chi connectivity index (χ0n) is 12.2. The number of hydrogen-bond donors (Lipinski definition) is 2. The summed E-state index contributed by atoms with van der Waals surface area (Å²) >= 11 is 0. The summed E-state index contributed by atoms with van der Waals surface area (Å²) in [5.41, 5.74) is 6.57. The van der Waals surface area contributed by atoms with E-state index in [1.807, 2.05) is 0 Å². The molecule has 3 N–H and O–H groups in total. The van der Waals surface area contributed by atoms with Crippen molar-refractivity contribution in [1.29, 1.82) is 0 Å². The lowest BCUT2D eigenvalue weighted by atomic mass is 9.90. The minimum atomic E-state index is 0.149. The van der Waals surface area contributed by atoms with E-state index in [1.165, 1.54) is 16.7 Å². The van der Waals surface area contributed by atoms with Crippen LogP contribution in [0.3, 0.4) is 0 Å². The summed E-state index contributed by atoms with van der Waals surface area (Å²) < 4.78 is 5.51. The normalized spacial score (nSPS) is 14.3. The SMILES string of the molecule is CCC(C)CC(NN)c1c(C)cc(C)cc1OC. The first-order valence-electron chi connectivity index (χ1n) is 6.64. The number of nitrogens with two attached hydrogens (primary N) is 1. The molecule has 0 heterocycles. The van der Waals surface area contributed by atoms with Crippen molar-refractivity contribution in [3.05, 3.63) is 28.8 Å². The van der Waals surface area contributed by atoms with Crippen molar-refractivity contribution < 1.29 is 4.74 Å². The van der Waals surface area contributed by atoms with Crippen molar-refractivity contribution in [2.75, 3.05) is 7.11 Å². The molecule has 0 bridgehead atoms. The largest absolute Gasteiger partial charge is 0.496 e. The minimum absolute atomic E-state index is 0.149. The first-order valence-corrected chi connectivity index (χ1v) is 6.64. The summed E-state index contributed by atoms with van der Waals surface area (Å²) in [7, 11) is 1.72. The molecule has 0 amide bonds. The summed E-state index contributed by atoms with van der Waals surface area (Å²) in [5, 5.41) is 0. The molecule has 102 valence electrons. The van der Waals surface area contributed by atoms with Crippen LogP contribution in [0.2, 0.25) is 0 Å². The number of aryl methyl sites for hydroxylation is 2. The van der Waals surface area contributed by atoms with Gasteiger partial charge in [-0.05, 0) is 43.4 Å². The summed E-state index contributed by atoms with van der Waals surface area (Å²) in [6.45, 7) is 8.66. The van der Waals surface area contributed by atoms with Crippen LogP contribution >= 0.6 is 0 Å². The van der Waals surface area contributed by atoms with Crippen LogP contribution in [-0.2, 0) is 0 Å². The highest BCUT2D eigenvalue weighted by atomic mass is 16.5. The quantitative estimate of drug-likeness (QED) is 0.602. The van der Waals surface area contributed by atoms with E-state index < -0.39 is 0 Å². The molecule has 1 aromatic rings. The molecular formula is C15H26N2O. The lowest BCUT2D eigenvalue weighted by Crippen LogP contribution is -2.30. The molecule has 18 heavy (non-hydrogen) atoms. The van der Waals surface area contributed by atoms with E-state index in [9.17, 15) is 0 Å². The standard InChI is InChI=1S/C15H26N2O/c1-6-10(2)8-13(17-16)15-12(4)7-11(3)9-14(15)18-5/h7,9-10,13,17H,6,8,16H2,1-5H3. The van der Waals surface area contributed by atoms with Crippen molar-refractivity contribution in [1.82, 2.24) is 5.43 Å². The smallest absolute Gasteiger partial charge is 0.124 e. The van der Waals surface area contributed by atoms with Crippen LogP contribution in [0.5, 0.6) is 5.75 Å². The van der Waals surface area contributed by atoms with Crippen molar-refractivity contribution in [3.63, 3.8) is 0 Å². The molecule has 0 aliphatic heterocycles. The van der Waals surface area contributed by atoms with Crippen LogP contribution in [0.1, 0.15) is 49.4 Å². The predicted molar refractivity (Wildman–Crippen MR) is 76.6 cm³/mol. The Morgan fingerprint density at radius 1 is 1.33 bits per heavy atom. The van der Waals surface area contributed by atoms with E-state index in [2.05, 4.69) is 45.3 Å². The second kappa shape index (κ2) is 6.76. The number of benzene rings is 1. The molecule has 2 unspecified atom stereocenters. The predicted octanol–water partition coefficient (Wildman–Crippen LogP) is 3.25. The Hall–Kier alpha value is -1.06. The Morgan fingerprint density at radius 2 is 2.00 bits per heavy atom. The monoisotopic (exact) mass is 250 g/mol. The molecule has 0 fully saturated rings. The maximum Gasteiger partial charge on any atom is 0.124 e. The van der Waals surface area contributed by atoms with Gasteiger partial charge in [-0.15, -0.1) is 0 Å². The first-order chi connectivity index (χ1) is 8.53. The van der Waals surface area contributed by atoms with Crippen molar-refractivity contribution in [3.8, 4) is 5.75 Å². The fraction of sp³-hybridized carbons (Fsp3) is 0.600. The van der Waals surface area contributed by atoms with Gasteiger partial charge in [0.05, 0.1) is 13.2 Å². The molecule has 3 heteroatoms. The molecule has 0 aliphatic carbocycles. The van der Waals surface area contributed by atoms with Gasteiger partial charge in [-0.25, -0.2) is 0 Å². The fourth-order valence-electron chi connectivity index (χ4n) is 2.39. The second-order valence-electron chi connectivity index (χ2n) is 5.17. The molecule has 0 aromatic heterocycles. The van der Waals surface area contributed by atoms with Crippen LogP contribution in [0.4, 0.5) is 0 Å². The van der Waals surface area contributed by atoms with Crippen molar-refractivity contribution in [2.24, 2.45) is 11.8 Å². The van der Waals surface area contributed by atoms with Gasteiger partial charge in [0.2, 0.25) is 0 Å². The Labute approximate surface area is 111 Å². The van der Waals surface area contributed by atoms with Gasteiger partial charge in [0.15, 0.2) is 0 Å². The summed E-state index contributed by atoms with van der Waals surface area (Å²) in [4.78, 5) is 0. The maximum atomic E-state index is 5.73. The number of methoxy groups -OCH3 is 1. The van der Waals surface area contributed by atoms with Crippen molar-refractivity contribution in [2.45, 2.75) is 46.6 Å². The van der Waals surface area contributed by atoms with Crippen LogP contribution in [-0.4, -0.2) is 7.11 Å². The molecule has 0 saturated heterocycles. The molecule has 0 radical (unpaired) electrons. The third-order valence-corrected chi connectivity index (χ3v) is 3.60. The molecule has 1 rings (SSSR count). The average Bonchev–Trinajstić information content (AvgIpc) is 2.35. The Balaban J connectivity index is 3.11. The Morgan fingerprint density at radius 3 is 2.50 bits per heavy atom. The number of rotatable bonds is 6. The topological polar surface area (TPSA) is 47.3 Å². The van der Waals surface area contributed by atoms with E-state index in [4.69, 9.17) is 10.6 Å². The molecule has 3 nitrogen and oxygen atoms in total. The lowest BCUT2D eigenvalue weighted by Gasteiger charge is -2.24. The molecule has 0 spiro atoms. The third-order valence-electron chi connectivity index (χ3n) is 3.60. The number of ether oxygens (including phenoxy) is 1. The van der Waals surface area contributed by atoms with Gasteiger partial charge < -0.3 is 4.74 Å². The maximum absolute atomic E-state index is 5.73. The first kappa shape index (κ1) is 15.0. The van der Waals surface area contributed by atoms with Gasteiger partial charge >= 0.3 is 0 Å². The van der Waals surface area contributed by atoms with Crippen LogP contribution < -0.4 is 16.0 Å². The van der Waals surface area contributed by atoms with Crippen LogP contribution in [0.25, 0.3) is 0 Å². The molecule has 1 aromatic carbocycles. The Kier molecular flexibility index (Phi) is 5.63. The van der Waals surface area contributed by atoms with Gasteiger partial charge in [0.25, 0.3) is 0 Å². The number of nitrogens with one attached hydrogen (secondary N) is 1. The second-order valence-corrected chi connectivity index (χ2v) is 5.17. The average molecular weight is 250 g/mol.